The molecule has 2 N–H and O–H groups in total. The SMILES string of the molecule is CC(C)(C(=O)Nc1cccc(C(F)(F)F)c1)C(=O)NC1CCCCC1. The third-order valence-corrected chi connectivity index (χ3v) is 4.52. The number of anilines is 1. The zero-order valence-corrected chi connectivity index (χ0v) is 14.4. The van der Waals surface area contributed by atoms with Crippen molar-refractivity contribution in [3.05, 3.63) is 29.8 Å². The Balaban J connectivity index is 2.04. The monoisotopic (exact) mass is 356 g/mol. The molecule has 1 fully saturated rings. The Kier molecular flexibility index (Phi) is 5.75. The van der Waals surface area contributed by atoms with Crippen LogP contribution in [0.5, 0.6) is 0 Å². The molecule has 0 unspecified atom stereocenters. The van der Waals surface area contributed by atoms with Crippen molar-refractivity contribution in [3.63, 3.8) is 0 Å². The van der Waals surface area contributed by atoms with Gasteiger partial charge in [0, 0.05) is 11.7 Å². The predicted molar refractivity (Wildman–Crippen MR) is 88.9 cm³/mol. The summed E-state index contributed by atoms with van der Waals surface area (Å²) in [6, 6.07) is 4.42. The van der Waals surface area contributed by atoms with E-state index in [1.54, 1.807) is 0 Å². The van der Waals surface area contributed by atoms with Gasteiger partial charge in [0.15, 0.2) is 0 Å². The van der Waals surface area contributed by atoms with Gasteiger partial charge >= 0.3 is 6.18 Å². The molecule has 0 atom stereocenters. The molecule has 2 rings (SSSR count). The number of carbonyl (C=O) groups is 2. The first-order valence-corrected chi connectivity index (χ1v) is 8.40. The van der Waals surface area contributed by atoms with E-state index in [0.29, 0.717) is 0 Å². The quantitative estimate of drug-likeness (QED) is 0.798. The number of hydrogen-bond acceptors (Lipinski definition) is 2. The molecule has 4 nitrogen and oxygen atoms in total. The molecular weight excluding hydrogens is 333 g/mol. The second kappa shape index (κ2) is 7.45. The van der Waals surface area contributed by atoms with Gasteiger partial charge in [0.2, 0.25) is 11.8 Å². The fraction of sp³-hybridized carbons (Fsp3) is 0.556. The van der Waals surface area contributed by atoms with E-state index in [4.69, 9.17) is 0 Å². The Labute approximate surface area is 145 Å². The highest BCUT2D eigenvalue weighted by molar-refractivity contribution is 6.09. The van der Waals surface area contributed by atoms with Crippen molar-refractivity contribution in [2.45, 2.75) is 58.2 Å². The van der Waals surface area contributed by atoms with E-state index in [9.17, 15) is 22.8 Å². The Bertz CT molecular complexity index is 635. The number of nitrogens with one attached hydrogen (secondary N) is 2. The number of hydrogen-bond donors (Lipinski definition) is 2. The molecule has 1 saturated carbocycles. The van der Waals surface area contributed by atoms with Crippen LogP contribution < -0.4 is 10.6 Å². The summed E-state index contributed by atoms with van der Waals surface area (Å²) in [5.74, 6) is -1.05. The highest BCUT2D eigenvalue weighted by Crippen LogP contribution is 2.31. The number of halogens is 3. The Hall–Kier alpha value is -2.05. The Morgan fingerprint density at radius 2 is 1.68 bits per heavy atom. The fourth-order valence-corrected chi connectivity index (χ4v) is 2.78. The molecular formula is C18H23F3N2O2. The van der Waals surface area contributed by atoms with Crippen molar-refractivity contribution >= 4 is 17.5 Å². The zero-order valence-electron chi connectivity index (χ0n) is 14.4. The predicted octanol–water partition coefficient (Wildman–Crippen LogP) is 4.12. The van der Waals surface area contributed by atoms with Crippen molar-refractivity contribution in [1.29, 1.82) is 0 Å². The summed E-state index contributed by atoms with van der Waals surface area (Å²) < 4.78 is 38.3. The van der Waals surface area contributed by atoms with Gasteiger partial charge in [0.1, 0.15) is 5.41 Å². The number of carbonyl (C=O) groups excluding carboxylic acids is 2. The average Bonchev–Trinajstić information content (AvgIpc) is 2.55. The fourth-order valence-electron chi connectivity index (χ4n) is 2.78. The van der Waals surface area contributed by atoms with Crippen molar-refractivity contribution in [2.75, 3.05) is 5.32 Å². The number of alkyl halides is 3. The Morgan fingerprint density at radius 1 is 1.04 bits per heavy atom. The third-order valence-electron chi connectivity index (χ3n) is 4.52. The Morgan fingerprint density at radius 3 is 2.28 bits per heavy atom. The normalized spacial score (nSPS) is 16.4. The maximum Gasteiger partial charge on any atom is 0.416 e. The van der Waals surface area contributed by atoms with E-state index >= 15 is 0 Å². The highest BCUT2D eigenvalue weighted by atomic mass is 19.4. The average molecular weight is 356 g/mol. The second-order valence-corrected chi connectivity index (χ2v) is 6.97. The molecule has 2 amide bonds. The van der Waals surface area contributed by atoms with Crippen LogP contribution in [0.4, 0.5) is 18.9 Å². The van der Waals surface area contributed by atoms with Crippen LogP contribution >= 0.6 is 0 Å². The van der Waals surface area contributed by atoms with Crippen LogP contribution in [-0.4, -0.2) is 17.9 Å². The standard InChI is InChI=1S/C18H23F3N2O2/c1-17(2,15(24)22-13-8-4-3-5-9-13)16(25)23-14-10-6-7-12(11-14)18(19,20)21/h6-7,10-11,13H,3-5,8-9H2,1-2H3,(H,22,24)(H,23,25). The summed E-state index contributed by atoms with van der Waals surface area (Å²) >= 11 is 0. The van der Waals surface area contributed by atoms with E-state index < -0.39 is 29.0 Å². The first-order valence-electron chi connectivity index (χ1n) is 8.40. The van der Waals surface area contributed by atoms with Gasteiger partial charge in [0.05, 0.1) is 5.56 Å². The summed E-state index contributed by atoms with van der Waals surface area (Å²) in [5, 5.41) is 5.29. The number of rotatable bonds is 4. The van der Waals surface area contributed by atoms with Crippen molar-refractivity contribution < 1.29 is 22.8 Å². The molecule has 25 heavy (non-hydrogen) atoms. The molecule has 0 saturated heterocycles. The summed E-state index contributed by atoms with van der Waals surface area (Å²) in [6.07, 6.45) is 0.512. The van der Waals surface area contributed by atoms with Gasteiger partial charge in [-0.3, -0.25) is 9.59 Å². The van der Waals surface area contributed by atoms with Crippen LogP contribution in [0.2, 0.25) is 0 Å². The maximum absolute atomic E-state index is 12.8. The van der Waals surface area contributed by atoms with E-state index in [1.807, 2.05) is 0 Å². The first kappa shape index (κ1) is 19.3. The molecule has 1 aliphatic rings. The summed E-state index contributed by atoms with van der Waals surface area (Å²) in [6.45, 7) is 2.93. The topological polar surface area (TPSA) is 58.2 Å². The smallest absolute Gasteiger partial charge is 0.352 e. The molecule has 1 aromatic rings. The molecule has 1 aliphatic carbocycles. The molecule has 1 aromatic carbocycles. The van der Waals surface area contributed by atoms with Crippen LogP contribution in [0.15, 0.2) is 24.3 Å². The van der Waals surface area contributed by atoms with Gasteiger partial charge in [0.25, 0.3) is 0 Å². The number of benzene rings is 1. The van der Waals surface area contributed by atoms with Gasteiger partial charge in [-0.2, -0.15) is 13.2 Å². The largest absolute Gasteiger partial charge is 0.416 e. The van der Waals surface area contributed by atoms with Gasteiger partial charge in [-0.25, -0.2) is 0 Å². The third kappa shape index (κ3) is 4.96. The van der Waals surface area contributed by atoms with Crippen LogP contribution in [-0.2, 0) is 15.8 Å². The molecule has 7 heteroatoms. The van der Waals surface area contributed by atoms with Crippen molar-refractivity contribution in [3.8, 4) is 0 Å². The van der Waals surface area contributed by atoms with E-state index in [1.165, 1.54) is 26.0 Å². The van der Waals surface area contributed by atoms with Crippen LogP contribution in [0.25, 0.3) is 0 Å². The van der Waals surface area contributed by atoms with E-state index in [2.05, 4.69) is 10.6 Å². The van der Waals surface area contributed by atoms with Gasteiger partial charge < -0.3 is 10.6 Å². The van der Waals surface area contributed by atoms with Crippen LogP contribution in [0, 0.1) is 5.41 Å². The van der Waals surface area contributed by atoms with Crippen LogP contribution in [0.3, 0.4) is 0 Å². The lowest BCUT2D eigenvalue weighted by Gasteiger charge is -2.28. The summed E-state index contributed by atoms with van der Waals surface area (Å²) in [4.78, 5) is 24.9. The van der Waals surface area contributed by atoms with Crippen LogP contribution in [0.1, 0.15) is 51.5 Å². The molecule has 0 aliphatic heterocycles. The molecule has 0 radical (unpaired) electrons. The lowest BCUT2D eigenvalue weighted by molar-refractivity contribution is -0.139. The molecule has 0 heterocycles. The molecule has 0 bridgehead atoms. The maximum atomic E-state index is 12.8. The minimum Gasteiger partial charge on any atom is -0.352 e. The molecule has 0 spiro atoms. The molecule has 138 valence electrons. The van der Waals surface area contributed by atoms with Crippen molar-refractivity contribution in [2.24, 2.45) is 5.41 Å². The first-order chi connectivity index (χ1) is 11.6. The van der Waals surface area contributed by atoms with Gasteiger partial charge in [-0.05, 0) is 44.9 Å². The minimum atomic E-state index is -4.49. The lowest BCUT2D eigenvalue weighted by Crippen LogP contribution is -2.49. The lowest BCUT2D eigenvalue weighted by atomic mass is 9.88. The summed E-state index contributed by atoms with van der Waals surface area (Å²) in [7, 11) is 0. The minimum absolute atomic E-state index is 0.0124. The highest BCUT2D eigenvalue weighted by Gasteiger charge is 2.37. The van der Waals surface area contributed by atoms with Gasteiger partial charge in [-0.1, -0.05) is 25.3 Å². The zero-order chi connectivity index (χ0) is 18.7. The molecule has 0 aromatic heterocycles. The summed E-state index contributed by atoms with van der Waals surface area (Å²) in [5.41, 5.74) is -2.22. The van der Waals surface area contributed by atoms with E-state index in [0.717, 1.165) is 44.2 Å². The number of amides is 2. The second-order valence-electron chi connectivity index (χ2n) is 6.97. The van der Waals surface area contributed by atoms with Crippen molar-refractivity contribution in [1.82, 2.24) is 5.32 Å². The van der Waals surface area contributed by atoms with Gasteiger partial charge in [-0.15, -0.1) is 0 Å². The van der Waals surface area contributed by atoms with E-state index in [-0.39, 0.29) is 11.7 Å².